The molecule has 1 aliphatic heterocycles. The van der Waals surface area contributed by atoms with E-state index in [1.807, 2.05) is 30.3 Å². The molecule has 0 aliphatic carbocycles. The van der Waals surface area contributed by atoms with Crippen LogP contribution in [0.25, 0.3) is 0 Å². The lowest BCUT2D eigenvalue weighted by Gasteiger charge is -2.30. The van der Waals surface area contributed by atoms with Gasteiger partial charge in [0.1, 0.15) is 5.75 Å². The summed E-state index contributed by atoms with van der Waals surface area (Å²) in [6.45, 7) is 3.43. The molecule has 3 heteroatoms. The summed E-state index contributed by atoms with van der Waals surface area (Å²) < 4.78 is 5.23. The molecular weight excluding hydrogens is 298 g/mol. The molecule has 1 aliphatic rings. The number of nitrogens with one attached hydrogen (secondary N) is 1. The van der Waals surface area contributed by atoms with E-state index in [0.717, 1.165) is 17.9 Å². The van der Waals surface area contributed by atoms with E-state index < -0.39 is 6.10 Å². The number of aliphatic hydroxyl groups excluding tert-OH is 1. The molecule has 0 aromatic heterocycles. The SMILES string of the molecule is COc1ccc([C@H](O)[C@@H](C[NH+]2CCCCC2)c2ccccc2)cc1. The van der Waals surface area contributed by atoms with E-state index in [1.54, 1.807) is 12.0 Å². The van der Waals surface area contributed by atoms with Gasteiger partial charge in [0, 0.05) is 0 Å². The Kier molecular flexibility index (Phi) is 5.89. The summed E-state index contributed by atoms with van der Waals surface area (Å²) in [5, 5.41) is 11.1. The van der Waals surface area contributed by atoms with Crippen molar-refractivity contribution in [2.24, 2.45) is 0 Å². The summed E-state index contributed by atoms with van der Waals surface area (Å²) in [4.78, 5) is 1.61. The second-order valence-corrected chi connectivity index (χ2v) is 6.75. The molecule has 3 nitrogen and oxygen atoms in total. The first kappa shape index (κ1) is 17.0. The van der Waals surface area contributed by atoms with Crippen LogP contribution in [0.3, 0.4) is 0 Å². The van der Waals surface area contributed by atoms with Crippen molar-refractivity contribution in [3.05, 3.63) is 65.7 Å². The molecule has 128 valence electrons. The highest BCUT2D eigenvalue weighted by atomic mass is 16.5. The highest BCUT2D eigenvalue weighted by Gasteiger charge is 2.28. The number of aliphatic hydroxyl groups is 1. The lowest BCUT2D eigenvalue weighted by Crippen LogP contribution is -3.13. The Labute approximate surface area is 144 Å². The van der Waals surface area contributed by atoms with Crippen LogP contribution in [0.15, 0.2) is 54.6 Å². The maximum absolute atomic E-state index is 11.1. The number of piperidine rings is 1. The quantitative estimate of drug-likeness (QED) is 0.855. The molecular formula is C21H28NO2+. The van der Waals surface area contributed by atoms with Gasteiger partial charge in [-0.15, -0.1) is 0 Å². The summed E-state index contributed by atoms with van der Waals surface area (Å²) in [6, 6.07) is 18.2. The zero-order valence-electron chi connectivity index (χ0n) is 14.4. The number of hydrogen-bond donors (Lipinski definition) is 2. The van der Waals surface area contributed by atoms with E-state index in [4.69, 9.17) is 4.74 Å². The van der Waals surface area contributed by atoms with Gasteiger partial charge in [-0.05, 0) is 42.5 Å². The Balaban J connectivity index is 1.82. The number of ether oxygens (including phenoxy) is 1. The molecule has 0 bridgehead atoms. The Morgan fingerprint density at radius 3 is 2.21 bits per heavy atom. The van der Waals surface area contributed by atoms with Gasteiger partial charge in [-0.25, -0.2) is 0 Å². The van der Waals surface area contributed by atoms with E-state index >= 15 is 0 Å². The van der Waals surface area contributed by atoms with Crippen LogP contribution in [-0.4, -0.2) is 31.9 Å². The Morgan fingerprint density at radius 1 is 0.917 bits per heavy atom. The van der Waals surface area contributed by atoms with Crippen molar-refractivity contribution in [3.63, 3.8) is 0 Å². The number of rotatable bonds is 6. The third kappa shape index (κ3) is 4.16. The molecule has 0 radical (unpaired) electrons. The largest absolute Gasteiger partial charge is 0.497 e. The van der Waals surface area contributed by atoms with Gasteiger partial charge in [0.25, 0.3) is 0 Å². The van der Waals surface area contributed by atoms with Crippen LogP contribution in [-0.2, 0) is 0 Å². The third-order valence-electron chi connectivity index (χ3n) is 5.14. The van der Waals surface area contributed by atoms with Crippen molar-refractivity contribution >= 4 is 0 Å². The maximum atomic E-state index is 11.1. The first-order valence-electron chi connectivity index (χ1n) is 8.98. The van der Waals surface area contributed by atoms with Gasteiger partial charge in [0.05, 0.1) is 38.8 Å². The summed E-state index contributed by atoms with van der Waals surface area (Å²) in [6.07, 6.45) is 3.46. The van der Waals surface area contributed by atoms with Crippen molar-refractivity contribution in [1.82, 2.24) is 0 Å². The highest BCUT2D eigenvalue weighted by molar-refractivity contribution is 5.31. The average Bonchev–Trinajstić information content (AvgIpc) is 2.67. The van der Waals surface area contributed by atoms with Gasteiger partial charge in [-0.1, -0.05) is 42.5 Å². The minimum absolute atomic E-state index is 0.118. The topological polar surface area (TPSA) is 33.9 Å². The van der Waals surface area contributed by atoms with Crippen molar-refractivity contribution in [2.75, 3.05) is 26.7 Å². The molecule has 2 aromatic carbocycles. The zero-order valence-corrected chi connectivity index (χ0v) is 14.4. The lowest BCUT2D eigenvalue weighted by atomic mass is 9.88. The summed E-state index contributed by atoms with van der Waals surface area (Å²) in [5.74, 6) is 0.941. The summed E-state index contributed by atoms with van der Waals surface area (Å²) >= 11 is 0. The standard InChI is InChI=1S/C21H27NO2/c1-24-19-12-10-18(11-13-19)21(23)20(17-8-4-2-5-9-17)16-22-14-6-3-7-15-22/h2,4-5,8-13,20-21,23H,3,6-7,14-16H2,1H3/p+1/t20-,21-/m0/s1. The minimum Gasteiger partial charge on any atom is -0.497 e. The van der Waals surface area contributed by atoms with Gasteiger partial charge in [0.15, 0.2) is 0 Å². The van der Waals surface area contributed by atoms with Crippen molar-refractivity contribution < 1.29 is 14.7 Å². The highest BCUT2D eigenvalue weighted by Crippen LogP contribution is 2.31. The fourth-order valence-electron chi connectivity index (χ4n) is 3.71. The number of likely N-dealkylation sites (tertiary alicyclic amines) is 1. The van der Waals surface area contributed by atoms with Gasteiger partial charge in [0.2, 0.25) is 0 Å². The molecule has 0 unspecified atom stereocenters. The first-order chi connectivity index (χ1) is 11.8. The summed E-state index contributed by atoms with van der Waals surface area (Å²) in [5.41, 5.74) is 2.18. The van der Waals surface area contributed by atoms with E-state index in [-0.39, 0.29) is 5.92 Å². The normalized spacial score (nSPS) is 18.1. The van der Waals surface area contributed by atoms with Crippen LogP contribution in [0.4, 0.5) is 0 Å². The number of quaternary nitrogens is 1. The van der Waals surface area contributed by atoms with Gasteiger partial charge >= 0.3 is 0 Å². The Bertz CT molecular complexity index is 605. The predicted molar refractivity (Wildman–Crippen MR) is 96.6 cm³/mol. The molecule has 2 aromatic rings. The lowest BCUT2D eigenvalue weighted by molar-refractivity contribution is -0.906. The molecule has 0 amide bonds. The van der Waals surface area contributed by atoms with E-state index in [9.17, 15) is 5.11 Å². The fraction of sp³-hybridized carbons (Fsp3) is 0.429. The van der Waals surface area contributed by atoms with Crippen LogP contribution in [0, 0.1) is 0 Å². The monoisotopic (exact) mass is 326 g/mol. The molecule has 2 N–H and O–H groups in total. The predicted octanol–water partition coefficient (Wildman–Crippen LogP) is 2.58. The van der Waals surface area contributed by atoms with Gasteiger partial charge in [-0.3, -0.25) is 0 Å². The van der Waals surface area contributed by atoms with Crippen LogP contribution >= 0.6 is 0 Å². The average molecular weight is 326 g/mol. The van der Waals surface area contributed by atoms with E-state index in [1.165, 1.54) is 37.9 Å². The first-order valence-corrected chi connectivity index (χ1v) is 8.98. The second-order valence-electron chi connectivity index (χ2n) is 6.75. The Morgan fingerprint density at radius 2 is 1.58 bits per heavy atom. The fourth-order valence-corrected chi connectivity index (χ4v) is 3.71. The van der Waals surface area contributed by atoms with Gasteiger partial charge < -0.3 is 14.7 Å². The molecule has 1 heterocycles. The van der Waals surface area contributed by atoms with E-state index in [2.05, 4.69) is 24.3 Å². The molecule has 0 spiro atoms. The minimum atomic E-state index is -0.493. The molecule has 24 heavy (non-hydrogen) atoms. The molecule has 1 saturated heterocycles. The third-order valence-corrected chi connectivity index (χ3v) is 5.14. The maximum Gasteiger partial charge on any atom is 0.118 e. The van der Waals surface area contributed by atoms with Crippen molar-refractivity contribution in [3.8, 4) is 5.75 Å². The second kappa shape index (κ2) is 8.32. The molecule has 2 atom stereocenters. The number of hydrogen-bond acceptors (Lipinski definition) is 2. The Hall–Kier alpha value is -1.84. The van der Waals surface area contributed by atoms with Crippen molar-refractivity contribution in [2.45, 2.75) is 31.3 Å². The zero-order chi connectivity index (χ0) is 16.8. The van der Waals surface area contributed by atoms with Crippen molar-refractivity contribution in [1.29, 1.82) is 0 Å². The molecule has 1 fully saturated rings. The smallest absolute Gasteiger partial charge is 0.118 e. The van der Waals surface area contributed by atoms with Crippen LogP contribution in [0.2, 0.25) is 0 Å². The molecule has 0 saturated carbocycles. The number of benzene rings is 2. The van der Waals surface area contributed by atoms with Gasteiger partial charge in [-0.2, -0.15) is 0 Å². The van der Waals surface area contributed by atoms with E-state index in [0.29, 0.717) is 0 Å². The van der Waals surface area contributed by atoms with Crippen LogP contribution in [0.5, 0.6) is 5.75 Å². The van der Waals surface area contributed by atoms with Crippen LogP contribution < -0.4 is 9.64 Å². The summed E-state index contributed by atoms with van der Waals surface area (Å²) in [7, 11) is 1.66. The number of methoxy groups -OCH3 is 1. The van der Waals surface area contributed by atoms with Crippen LogP contribution in [0.1, 0.15) is 42.4 Å². The molecule has 3 rings (SSSR count).